The minimum atomic E-state index is -0.246. The maximum absolute atomic E-state index is 12.8. The molecule has 5 nitrogen and oxygen atoms in total. The van der Waals surface area contributed by atoms with Crippen molar-refractivity contribution >= 4 is 17.5 Å². The quantitative estimate of drug-likeness (QED) is 0.715. The third kappa shape index (κ3) is 4.08. The zero-order valence-electron chi connectivity index (χ0n) is 15.6. The van der Waals surface area contributed by atoms with Crippen LogP contribution in [0, 0.1) is 0 Å². The number of rotatable bonds is 6. The number of nitrogens with one attached hydrogen (secondary N) is 1. The molecule has 0 radical (unpaired) electrons. The molecule has 0 atom stereocenters. The Balaban J connectivity index is 1.85. The van der Waals surface area contributed by atoms with Crippen LogP contribution in [-0.4, -0.2) is 34.4 Å². The Morgan fingerprint density at radius 1 is 0.926 bits per heavy atom. The number of nitrogens with zero attached hydrogens (tertiary/aromatic N) is 2. The molecule has 0 bridgehead atoms. The van der Waals surface area contributed by atoms with Crippen LogP contribution in [0.5, 0.6) is 0 Å². The van der Waals surface area contributed by atoms with Gasteiger partial charge in [0.1, 0.15) is 0 Å². The second kappa shape index (κ2) is 8.36. The van der Waals surface area contributed by atoms with E-state index in [9.17, 15) is 9.59 Å². The highest BCUT2D eigenvalue weighted by atomic mass is 16.2. The van der Waals surface area contributed by atoms with Gasteiger partial charge in [0.25, 0.3) is 11.8 Å². The van der Waals surface area contributed by atoms with Crippen LogP contribution >= 0.6 is 0 Å². The van der Waals surface area contributed by atoms with Gasteiger partial charge in [-0.1, -0.05) is 18.2 Å². The number of hydrogen-bond acceptors (Lipinski definition) is 2. The molecule has 0 saturated heterocycles. The molecule has 2 amide bonds. The zero-order valence-corrected chi connectivity index (χ0v) is 15.6. The molecule has 3 aromatic rings. The van der Waals surface area contributed by atoms with Crippen molar-refractivity contribution in [3.8, 4) is 5.69 Å². The molecular weight excluding hydrogens is 338 g/mol. The first-order chi connectivity index (χ1) is 13.1. The first-order valence-corrected chi connectivity index (χ1v) is 9.07. The van der Waals surface area contributed by atoms with E-state index in [0.717, 1.165) is 5.69 Å². The molecule has 0 aliphatic carbocycles. The third-order valence-corrected chi connectivity index (χ3v) is 4.47. The van der Waals surface area contributed by atoms with Crippen LogP contribution in [0.25, 0.3) is 5.69 Å². The second-order valence-electron chi connectivity index (χ2n) is 6.12. The third-order valence-electron chi connectivity index (χ3n) is 4.47. The topological polar surface area (TPSA) is 54.3 Å². The van der Waals surface area contributed by atoms with Crippen molar-refractivity contribution in [1.29, 1.82) is 0 Å². The monoisotopic (exact) mass is 361 g/mol. The number of carbonyl (C=O) groups excluding carboxylic acids is 2. The fraction of sp³-hybridized carbons (Fsp3) is 0.182. The van der Waals surface area contributed by atoms with Gasteiger partial charge >= 0.3 is 0 Å². The molecule has 5 heteroatoms. The lowest BCUT2D eigenvalue weighted by Crippen LogP contribution is -2.31. The summed E-state index contributed by atoms with van der Waals surface area (Å²) in [4.78, 5) is 27.2. The number of aromatic nitrogens is 1. The highest BCUT2D eigenvalue weighted by Gasteiger charge is 2.18. The normalized spacial score (nSPS) is 10.4. The highest BCUT2D eigenvalue weighted by molar-refractivity contribution is 6.09. The zero-order chi connectivity index (χ0) is 19.2. The van der Waals surface area contributed by atoms with Crippen LogP contribution < -0.4 is 5.32 Å². The van der Waals surface area contributed by atoms with Crippen LogP contribution in [0.15, 0.2) is 73.1 Å². The summed E-state index contributed by atoms with van der Waals surface area (Å²) in [6, 6.07) is 18.3. The van der Waals surface area contributed by atoms with E-state index in [2.05, 4.69) is 5.32 Å². The van der Waals surface area contributed by atoms with E-state index in [1.54, 1.807) is 29.2 Å². The van der Waals surface area contributed by atoms with Crippen molar-refractivity contribution in [3.05, 3.63) is 84.2 Å². The van der Waals surface area contributed by atoms with Crippen molar-refractivity contribution in [1.82, 2.24) is 9.47 Å². The van der Waals surface area contributed by atoms with Gasteiger partial charge in [-0.25, -0.2) is 0 Å². The lowest BCUT2D eigenvalue weighted by atomic mass is 10.1. The van der Waals surface area contributed by atoms with E-state index in [-0.39, 0.29) is 11.8 Å². The summed E-state index contributed by atoms with van der Waals surface area (Å²) >= 11 is 0. The smallest absolute Gasteiger partial charge is 0.255 e. The van der Waals surface area contributed by atoms with Crippen molar-refractivity contribution in [3.63, 3.8) is 0 Å². The largest absolute Gasteiger partial charge is 0.339 e. The number of anilines is 1. The van der Waals surface area contributed by atoms with Crippen LogP contribution in [0.1, 0.15) is 34.6 Å². The SMILES string of the molecule is CCN(CC)C(=O)c1ccccc1NC(=O)c1cccc(-n2cccc2)c1. The fourth-order valence-electron chi connectivity index (χ4n) is 2.97. The maximum Gasteiger partial charge on any atom is 0.255 e. The van der Waals surface area contributed by atoms with Gasteiger partial charge in [-0.2, -0.15) is 0 Å². The maximum atomic E-state index is 12.8. The highest BCUT2D eigenvalue weighted by Crippen LogP contribution is 2.19. The molecule has 0 aliphatic heterocycles. The van der Waals surface area contributed by atoms with Gasteiger partial charge in [0.05, 0.1) is 11.3 Å². The van der Waals surface area contributed by atoms with E-state index in [0.29, 0.717) is 29.9 Å². The predicted molar refractivity (Wildman–Crippen MR) is 107 cm³/mol. The van der Waals surface area contributed by atoms with Crippen molar-refractivity contribution in [2.45, 2.75) is 13.8 Å². The Morgan fingerprint density at radius 3 is 2.33 bits per heavy atom. The van der Waals surface area contributed by atoms with Gasteiger partial charge < -0.3 is 14.8 Å². The van der Waals surface area contributed by atoms with Crippen molar-refractivity contribution in [2.75, 3.05) is 18.4 Å². The molecule has 1 heterocycles. The van der Waals surface area contributed by atoms with E-state index >= 15 is 0 Å². The van der Waals surface area contributed by atoms with E-state index in [1.165, 1.54) is 0 Å². The molecular formula is C22H23N3O2. The summed E-state index contributed by atoms with van der Waals surface area (Å²) in [5.41, 5.74) is 2.45. The Labute approximate surface area is 159 Å². The molecule has 1 N–H and O–H groups in total. The fourth-order valence-corrected chi connectivity index (χ4v) is 2.97. The summed E-state index contributed by atoms with van der Waals surface area (Å²) in [5, 5.41) is 2.89. The summed E-state index contributed by atoms with van der Waals surface area (Å²) in [5.74, 6) is -0.333. The standard InChI is InChI=1S/C22H23N3O2/c1-3-24(4-2)22(27)19-12-5-6-13-20(19)23-21(26)17-10-9-11-18(16-17)25-14-7-8-15-25/h5-16H,3-4H2,1-2H3,(H,23,26). The minimum Gasteiger partial charge on any atom is -0.339 e. The number of benzene rings is 2. The molecule has 1 aromatic heterocycles. The second-order valence-corrected chi connectivity index (χ2v) is 6.12. The molecule has 27 heavy (non-hydrogen) atoms. The molecule has 2 aromatic carbocycles. The lowest BCUT2D eigenvalue weighted by Gasteiger charge is -2.20. The van der Waals surface area contributed by atoms with E-state index in [1.807, 2.05) is 67.2 Å². The summed E-state index contributed by atoms with van der Waals surface area (Å²) < 4.78 is 1.94. The van der Waals surface area contributed by atoms with Gasteiger partial charge in [0.15, 0.2) is 0 Å². The van der Waals surface area contributed by atoms with E-state index in [4.69, 9.17) is 0 Å². The Morgan fingerprint density at radius 2 is 1.63 bits per heavy atom. The number of hydrogen-bond donors (Lipinski definition) is 1. The van der Waals surface area contributed by atoms with Crippen LogP contribution in [0.4, 0.5) is 5.69 Å². The van der Waals surface area contributed by atoms with E-state index < -0.39 is 0 Å². The molecule has 3 rings (SSSR count). The average molecular weight is 361 g/mol. The van der Waals surface area contributed by atoms with Gasteiger partial charge in [-0.3, -0.25) is 9.59 Å². The summed E-state index contributed by atoms with van der Waals surface area (Å²) in [7, 11) is 0. The first-order valence-electron chi connectivity index (χ1n) is 9.07. The van der Waals surface area contributed by atoms with Gasteiger partial charge in [-0.15, -0.1) is 0 Å². The number of amides is 2. The number of carbonyl (C=O) groups is 2. The van der Waals surface area contributed by atoms with Gasteiger partial charge in [-0.05, 0) is 56.3 Å². The summed E-state index contributed by atoms with van der Waals surface area (Å²) in [6.07, 6.45) is 3.85. The molecule has 0 aliphatic rings. The average Bonchev–Trinajstić information content (AvgIpc) is 3.24. The van der Waals surface area contributed by atoms with Crippen molar-refractivity contribution in [2.24, 2.45) is 0 Å². The molecule has 0 unspecified atom stereocenters. The van der Waals surface area contributed by atoms with Gasteiger partial charge in [0, 0.05) is 36.7 Å². The first kappa shape index (κ1) is 18.5. The minimum absolute atomic E-state index is 0.0861. The summed E-state index contributed by atoms with van der Waals surface area (Å²) in [6.45, 7) is 5.12. The number of para-hydroxylation sites is 1. The van der Waals surface area contributed by atoms with Crippen LogP contribution in [0.2, 0.25) is 0 Å². The lowest BCUT2D eigenvalue weighted by molar-refractivity contribution is 0.0774. The Kier molecular flexibility index (Phi) is 5.71. The molecule has 138 valence electrons. The van der Waals surface area contributed by atoms with Crippen LogP contribution in [-0.2, 0) is 0 Å². The van der Waals surface area contributed by atoms with Crippen molar-refractivity contribution < 1.29 is 9.59 Å². The Bertz CT molecular complexity index is 928. The molecule has 0 spiro atoms. The molecule has 0 saturated carbocycles. The van der Waals surface area contributed by atoms with Crippen LogP contribution in [0.3, 0.4) is 0 Å². The molecule has 0 fully saturated rings. The Hall–Kier alpha value is -3.34. The predicted octanol–water partition coefficient (Wildman–Crippen LogP) is 4.21. The van der Waals surface area contributed by atoms with Gasteiger partial charge in [0.2, 0.25) is 0 Å².